The molecule has 2 aromatic rings. The van der Waals surface area contributed by atoms with Crippen LogP contribution in [0, 0.1) is 11.6 Å². The van der Waals surface area contributed by atoms with Crippen LogP contribution in [0.4, 0.5) is 8.78 Å². The van der Waals surface area contributed by atoms with E-state index in [2.05, 4.69) is 5.32 Å². The smallest absolute Gasteiger partial charge is 0.230 e. The standard InChI is InChI=1S/C18H20F2N2OS/c1-22(2)17(13-6-4-3-5-7-13)11-21-18(23)12-24-14-8-9-15(19)16(20)10-14/h3-10,17H,11-12H2,1-2H3,(H,21,23). The summed E-state index contributed by atoms with van der Waals surface area (Å²) in [4.78, 5) is 14.6. The van der Waals surface area contributed by atoms with Crippen molar-refractivity contribution in [3.63, 3.8) is 0 Å². The van der Waals surface area contributed by atoms with E-state index in [0.717, 1.165) is 17.7 Å². The van der Waals surface area contributed by atoms with Crippen LogP contribution in [0.25, 0.3) is 0 Å². The number of likely N-dealkylation sites (N-methyl/N-ethyl adjacent to an activating group) is 1. The maximum atomic E-state index is 13.1. The average Bonchev–Trinajstić information content (AvgIpc) is 2.57. The Bertz CT molecular complexity index is 680. The summed E-state index contributed by atoms with van der Waals surface area (Å²) < 4.78 is 26.0. The Morgan fingerprint density at radius 3 is 2.46 bits per heavy atom. The minimum absolute atomic E-state index is 0.0726. The van der Waals surface area contributed by atoms with Crippen molar-refractivity contribution in [2.24, 2.45) is 0 Å². The molecule has 1 atom stereocenters. The number of halogens is 2. The van der Waals surface area contributed by atoms with Crippen LogP contribution in [0.2, 0.25) is 0 Å². The molecular weight excluding hydrogens is 330 g/mol. The zero-order valence-corrected chi connectivity index (χ0v) is 14.4. The number of rotatable bonds is 7. The number of benzene rings is 2. The summed E-state index contributed by atoms with van der Waals surface area (Å²) in [5.74, 6) is -1.79. The molecule has 0 aromatic heterocycles. The lowest BCUT2D eigenvalue weighted by Gasteiger charge is -2.25. The lowest BCUT2D eigenvalue weighted by Crippen LogP contribution is -2.35. The zero-order valence-electron chi connectivity index (χ0n) is 13.6. The largest absolute Gasteiger partial charge is 0.353 e. The van der Waals surface area contributed by atoms with E-state index in [0.29, 0.717) is 11.4 Å². The minimum atomic E-state index is -0.905. The van der Waals surface area contributed by atoms with Crippen LogP contribution in [-0.2, 0) is 4.79 Å². The molecule has 0 heterocycles. The SMILES string of the molecule is CN(C)C(CNC(=O)CSc1ccc(F)c(F)c1)c1ccccc1. The fourth-order valence-corrected chi connectivity index (χ4v) is 3.00. The summed E-state index contributed by atoms with van der Waals surface area (Å²) >= 11 is 1.17. The van der Waals surface area contributed by atoms with Crippen LogP contribution in [0.15, 0.2) is 53.4 Å². The van der Waals surface area contributed by atoms with Gasteiger partial charge in [-0.15, -0.1) is 11.8 Å². The van der Waals surface area contributed by atoms with Gasteiger partial charge in [-0.05, 0) is 37.9 Å². The van der Waals surface area contributed by atoms with Crippen molar-refractivity contribution in [3.05, 3.63) is 65.7 Å². The van der Waals surface area contributed by atoms with Crippen LogP contribution in [0.1, 0.15) is 11.6 Å². The minimum Gasteiger partial charge on any atom is -0.353 e. The molecule has 1 N–H and O–H groups in total. The first-order valence-electron chi connectivity index (χ1n) is 7.53. The number of carbonyl (C=O) groups excluding carboxylic acids is 1. The van der Waals surface area contributed by atoms with Crippen molar-refractivity contribution < 1.29 is 13.6 Å². The molecule has 3 nitrogen and oxygen atoms in total. The van der Waals surface area contributed by atoms with Gasteiger partial charge in [0.05, 0.1) is 11.8 Å². The Labute approximate surface area is 145 Å². The maximum absolute atomic E-state index is 13.1. The summed E-state index contributed by atoms with van der Waals surface area (Å²) in [5.41, 5.74) is 1.12. The highest BCUT2D eigenvalue weighted by Gasteiger charge is 2.15. The summed E-state index contributed by atoms with van der Waals surface area (Å²) in [6.45, 7) is 0.480. The van der Waals surface area contributed by atoms with E-state index in [1.165, 1.54) is 17.8 Å². The van der Waals surface area contributed by atoms with Gasteiger partial charge in [0, 0.05) is 11.4 Å². The lowest BCUT2D eigenvalue weighted by atomic mass is 10.1. The number of nitrogens with zero attached hydrogens (tertiary/aromatic N) is 1. The van der Waals surface area contributed by atoms with Crippen LogP contribution >= 0.6 is 11.8 Å². The third-order valence-corrected chi connectivity index (χ3v) is 4.56. The molecule has 0 saturated heterocycles. The molecule has 2 rings (SSSR count). The van der Waals surface area contributed by atoms with Gasteiger partial charge in [0.25, 0.3) is 0 Å². The molecular formula is C18H20F2N2OS. The van der Waals surface area contributed by atoms with Gasteiger partial charge in [0.1, 0.15) is 0 Å². The Hall–Kier alpha value is -1.92. The average molecular weight is 350 g/mol. The van der Waals surface area contributed by atoms with Gasteiger partial charge in [0.15, 0.2) is 11.6 Å². The van der Waals surface area contributed by atoms with Gasteiger partial charge in [-0.3, -0.25) is 4.79 Å². The highest BCUT2D eigenvalue weighted by molar-refractivity contribution is 8.00. The Morgan fingerprint density at radius 2 is 1.83 bits per heavy atom. The fourth-order valence-electron chi connectivity index (χ4n) is 2.25. The van der Waals surface area contributed by atoms with Crippen molar-refractivity contribution in [1.29, 1.82) is 0 Å². The zero-order chi connectivity index (χ0) is 17.5. The normalized spacial score (nSPS) is 12.2. The first-order valence-corrected chi connectivity index (χ1v) is 8.52. The number of hydrogen-bond donors (Lipinski definition) is 1. The number of thioether (sulfide) groups is 1. The second-order valence-corrected chi connectivity index (χ2v) is 6.61. The molecule has 0 saturated carbocycles. The molecule has 0 bridgehead atoms. The summed E-state index contributed by atoms with van der Waals surface area (Å²) in [6, 6.07) is 13.6. The number of hydrogen-bond acceptors (Lipinski definition) is 3. The Morgan fingerprint density at radius 1 is 1.12 bits per heavy atom. The van der Waals surface area contributed by atoms with Crippen LogP contribution in [0.3, 0.4) is 0 Å². The highest BCUT2D eigenvalue weighted by Crippen LogP contribution is 2.20. The maximum Gasteiger partial charge on any atom is 0.230 e. The molecule has 2 aromatic carbocycles. The first kappa shape index (κ1) is 18.4. The Kier molecular flexibility index (Phi) is 6.75. The lowest BCUT2D eigenvalue weighted by molar-refractivity contribution is -0.118. The Balaban J connectivity index is 1.86. The quantitative estimate of drug-likeness (QED) is 0.776. The van der Waals surface area contributed by atoms with Crippen LogP contribution in [-0.4, -0.2) is 37.2 Å². The van der Waals surface area contributed by atoms with Crippen molar-refractivity contribution in [1.82, 2.24) is 10.2 Å². The van der Waals surface area contributed by atoms with Crippen molar-refractivity contribution >= 4 is 17.7 Å². The molecule has 0 aliphatic carbocycles. The van der Waals surface area contributed by atoms with E-state index >= 15 is 0 Å². The molecule has 0 spiro atoms. The monoisotopic (exact) mass is 350 g/mol. The number of amides is 1. The predicted octanol–water partition coefficient (Wildman–Crippen LogP) is 3.48. The molecule has 24 heavy (non-hydrogen) atoms. The molecule has 0 aliphatic rings. The summed E-state index contributed by atoms with van der Waals surface area (Å²) in [6.07, 6.45) is 0. The molecule has 1 unspecified atom stereocenters. The number of carbonyl (C=O) groups is 1. The molecule has 128 valence electrons. The third-order valence-electron chi connectivity index (χ3n) is 3.56. The molecule has 0 fully saturated rings. The van der Waals surface area contributed by atoms with Crippen molar-refractivity contribution in [2.45, 2.75) is 10.9 Å². The molecule has 1 amide bonds. The summed E-state index contributed by atoms with van der Waals surface area (Å²) in [7, 11) is 3.92. The summed E-state index contributed by atoms with van der Waals surface area (Å²) in [5, 5.41) is 2.89. The third kappa shape index (κ3) is 5.32. The fraction of sp³-hybridized carbons (Fsp3) is 0.278. The molecule has 6 heteroatoms. The van der Waals surface area contributed by atoms with E-state index in [1.807, 2.05) is 49.3 Å². The topological polar surface area (TPSA) is 32.3 Å². The van der Waals surface area contributed by atoms with E-state index in [4.69, 9.17) is 0 Å². The van der Waals surface area contributed by atoms with Gasteiger partial charge >= 0.3 is 0 Å². The van der Waals surface area contributed by atoms with E-state index in [1.54, 1.807) is 0 Å². The van der Waals surface area contributed by atoms with E-state index in [9.17, 15) is 13.6 Å². The predicted molar refractivity (Wildman–Crippen MR) is 93.0 cm³/mol. The second-order valence-electron chi connectivity index (χ2n) is 5.56. The van der Waals surface area contributed by atoms with Crippen LogP contribution in [0.5, 0.6) is 0 Å². The van der Waals surface area contributed by atoms with Crippen molar-refractivity contribution in [3.8, 4) is 0 Å². The number of nitrogens with one attached hydrogen (secondary N) is 1. The van der Waals surface area contributed by atoms with Gasteiger partial charge in [-0.1, -0.05) is 30.3 Å². The van der Waals surface area contributed by atoms with Crippen molar-refractivity contribution in [2.75, 3.05) is 26.4 Å². The second kappa shape index (κ2) is 8.80. The van der Waals surface area contributed by atoms with Gasteiger partial charge in [-0.2, -0.15) is 0 Å². The van der Waals surface area contributed by atoms with Crippen LogP contribution < -0.4 is 5.32 Å². The van der Waals surface area contributed by atoms with Gasteiger partial charge < -0.3 is 10.2 Å². The molecule has 0 radical (unpaired) electrons. The van der Waals surface area contributed by atoms with Gasteiger partial charge in [-0.25, -0.2) is 8.78 Å². The van der Waals surface area contributed by atoms with Gasteiger partial charge in [0.2, 0.25) is 5.91 Å². The van der Waals surface area contributed by atoms with E-state index in [-0.39, 0.29) is 17.7 Å². The van der Waals surface area contributed by atoms with E-state index < -0.39 is 11.6 Å². The highest BCUT2D eigenvalue weighted by atomic mass is 32.2. The molecule has 0 aliphatic heterocycles. The first-order chi connectivity index (χ1) is 11.5.